The van der Waals surface area contributed by atoms with Gasteiger partial charge >= 0.3 is 0 Å². The number of benzene rings is 3. The normalized spacial score (nSPS) is 12.1. The SMILES string of the molecule is C[C@H](NC(=O)c1ccc(F)cc1)c1nc2ccccc2n1Cc1ccccc1F. The number of rotatable bonds is 5. The molecule has 0 bridgehead atoms. The van der Waals surface area contributed by atoms with E-state index in [-0.39, 0.29) is 11.7 Å². The van der Waals surface area contributed by atoms with Gasteiger partial charge in [-0.05, 0) is 49.4 Å². The quantitative estimate of drug-likeness (QED) is 0.528. The van der Waals surface area contributed by atoms with Crippen molar-refractivity contribution < 1.29 is 13.6 Å². The summed E-state index contributed by atoms with van der Waals surface area (Å²) in [7, 11) is 0. The third kappa shape index (κ3) is 3.87. The van der Waals surface area contributed by atoms with Gasteiger partial charge in [0.05, 0.1) is 23.6 Å². The second-order valence-corrected chi connectivity index (χ2v) is 6.84. The van der Waals surface area contributed by atoms with Gasteiger partial charge in [-0.25, -0.2) is 13.8 Å². The molecular weight excluding hydrogens is 372 g/mol. The highest BCUT2D eigenvalue weighted by Gasteiger charge is 2.20. The molecule has 0 aliphatic rings. The summed E-state index contributed by atoms with van der Waals surface area (Å²) in [4.78, 5) is 17.2. The lowest BCUT2D eigenvalue weighted by Crippen LogP contribution is -2.29. The molecule has 146 valence electrons. The number of carbonyl (C=O) groups is 1. The molecule has 6 heteroatoms. The Morgan fingerprint density at radius 2 is 1.69 bits per heavy atom. The maximum atomic E-state index is 14.2. The van der Waals surface area contributed by atoms with E-state index in [0.717, 1.165) is 11.0 Å². The van der Waals surface area contributed by atoms with Crippen LogP contribution in [0.25, 0.3) is 11.0 Å². The van der Waals surface area contributed by atoms with Crippen LogP contribution in [0.1, 0.15) is 34.7 Å². The Labute approximate surface area is 166 Å². The Bertz CT molecular complexity index is 1170. The molecule has 4 aromatic rings. The number of nitrogens with zero attached hydrogens (tertiary/aromatic N) is 2. The van der Waals surface area contributed by atoms with Gasteiger partial charge in [-0.2, -0.15) is 0 Å². The van der Waals surface area contributed by atoms with Crippen molar-refractivity contribution in [2.75, 3.05) is 0 Å². The zero-order chi connectivity index (χ0) is 20.4. The molecule has 0 radical (unpaired) electrons. The van der Waals surface area contributed by atoms with E-state index in [1.165, 1.54) is 30.3 Å². The largest absolute Gasteiger partial charge is 0.342 e. The van der Waals surface area contributed by atoms with Crippen molar-refractivity contribution in [1.29, 1.82) is 0 Å². The molecule has 4 rings (SSSR count). The van der Waals surface area contributed by atoms with Crippen LogP contribution < -0.4 is 5.32 Å². The fraction of sp³-hybridized carbons (Fsp3) is 0.130. The molecule has 0 saturated heterocycles. The van der Waals surface area contributed by atoms with E-state index < -0.39 is 11.9 Å². The van der Waals surface area contributed by atoms with Gasteiger partial charge in [-0.1, -0.05) is 30.3 Å². The summed E-state index contributed by atoms with van der Waals surface area (Å²) in [6, 6.07) is 19.1. The summed E-state index contributed by atoms with van der Waals surface area (Å²) in [5, 5.41) is 2.90. The van der Waals surface area contributed by atoms with Gasteiger partial charge in [0, 0.05) is 11.1 Å². The molecule has 0 saturated carbocycles. The Morgan fingerprint density at radius 1 is 1.00 bits per heavy atom. The highest BCUT2D eigenvalue weighted by molar-refractivity contribution is 5.94. The molecule has 0 fully saturated rings. The number of para-hydroxylation sites is 2. The van der Waals surface area contributed by atoms with E-state index in [0.29, 0.717) is 23.5 Å². The second-order valence-electron chi connectivity index (χ2n) is 6.84. The van der Waals surface area contributed by atoms with Crippen molar-refractivity contribution in [3.63, 3.8) is 0 Å². The molecule has 1 heterocycles. The Kier molecular flexibility index (Phi) is 5.08. The predicted octanol–water partition coefficient (Wildman–Crippen LogP) is 4.85. The number of hydrogen-bond acceptors (Lipinski definition) is 2. The van der Waals surface area contributed by atoms with Crippen LogP contribution in [0.2, 0.25) is 0 Å². The van der Waals surface area contributed by atoms with Crippen LogP contribution in [0.15, 0.2) is 72.8 Å². The number of hydrogen-bond donors (Lipinski definition) is 1. The number of nitrogens with one attached hydrogen (secondary N) is 1. The molecule has 4 nitrogen and oxygen atoms in total. The summed E-state index contributed by atoms with van der Waals surface area (Å²) in [6.07, 6.45) is 0. The van der Waals surface area contributed by atoms with Gasteiger partial charge in [0.15, 0.2) is 0 Å². The van der Waals surface area contributed by atoms with Crippen molar-refractivity contribution in [3.05, 3.63) is 101 Å². The van der Waals surface area contributed by atoms with Crippen molar-refractivity contribution in [2.45, 2.75) is 19.5 Å². The van der Waals surface area contributed by atoms with Crippen LogP contribution in [0.4, 0.5) is 8.78 Å². The molecule has 29 heavy (non-hydrogen) atoms. The lowest BCUT2D eigenvalue weighted by atomic mass is 10.2. The van der Waals surface area contributed by atoms with Crippen LogP contribution >= 0.6 is 0 Å². The van der Waals surface area contributed by atoms with E-state index in [1.807, 2.05) is 35.8 Å². The van der Waals surface area contributed by atoms with Crippen LogP contribution in [0.5, 0.6) is 0 Å². The van der Waals surface area contributed by atoms with Crippen LogP contribution in [0, 0.1) is 11.6 Å². The molecule has 0 unspecified atom stereocenters. The van der Waals surface area contributed by atoms with Gasteiger partial charge in [0.1, 0.15) is 17.5 Å². The van der Waals surface area contributed by atoms with E-state index >= 15 is 0 Å². The van der Waals surface area contributed by atoms with Crippen LogP contribution in [-0.2, 0) is 6.54 Å². The zero-order valence-electron chi connectivity index (χ0n) is 15.8. The number of amides is 1. The number of carbonyl (C=O) groups excluding carboxylic acids is 1. The van der Waals surface area contributed by atoms with Crippen molar-refractivity contribution >= 4 is 16.9 Å². The van der Waals surface area contributed by atoms with E-state index in [1.54, 1.807) is 18.2 Å². The average molecular weight is 391 g/mol. The van der Waals surface area contributed by atoms with E-state index in [9.17, 15) is 13.6 Å². The third-order valence-electron chi connectivity index (χ3n) is 4.81. The fourth-order valence-corrected chi connectivity index (χ4v) is 3.33. The lowest BCUT2D eigenvalue weighted by Gasteiger charge is -2.17. The molecule has 1 aromatic heterocycles. The first-order valence-electron chi connectivity index (χ1n) is 9.28. The van der Waals surface area contributed by atoms with Gasteiger partial charge in [0.2, 0.25) is 0 Å². The number of fused-ring (bicyclic) bond motifs is 1. The molecule has 0 aliphatic carbocycles. The van der Waals surface area contributed by atoms with Gasteiger partial charge < -0.3 is 9.88 Å². The number of aromatic nitrogens is 2. The molecule has 0 spiro atoms. The topological polar surface area (TPSA) is 46.9 Å². The molecular formula is C23H19F2N3O. The summed E-state index contributed by atoms with van der Waals surface area (Å²) in [6.45, 7) is 2.11. The minimum atomic E-state index is -0.438. The van der Waals surface area contributed by atoms with E-state index in [4.69, 9.17) is 0 Å². The van der Waals surface area contributed by atoms with Crippen LogP contribution in [-0.4, -0.2) is 15.5 Å². The smallest absolute Gasteiger partial charge is 0.251 e. The van der Waals surface area contributed by atoms with Gasteiger partial charge in [0.25, 0.3) is 5.91 Å². The van der Waals surface area contributed by atoms with Gasteiger partial charge in [-0.15, -0.1) is 0 Å². The summed E-state index contributed by atoms with van der Waals surface area (Å²) in [5.74, 6) is -0.410. The Balaban J connectivity index is 1.68. The maximum absolute atomic E-state index is 14.2. The standard InChI is InChI=1S/C23H19F2N3O/c1-15(26-23(29)16-10-12-18(24)13-11-16)22-27-20-8-4-5-9-21(20)28(22)14-17-6-2-3-7-19(17)25/h2-13,15H,14H2,1H3,(H,26,29)/t15-/m0/s1. The first kappa shape index (κ1) is 18.8. The molecule has 1 N–H and O–H groups in total. The number of imidazole rings is 1. The Morgan fingerprint density at radius 3 is 2.45 bits per heavy atom. The molecule has 3 aromatic carbocycles. The van der Waals surface area contributed by atoms with E-state index in [2.05, 4.69) is 10.3 Å². The second kappa shape index (κ2) is 7.83. The van der Waals surface area contributed by atoms with Gasteiger partial charge in [-0.3, -0.25) is 4.79 Å². The number of halogens is 2. The fourth-order valence-electron chi connectivity index (χ4n) is 3.33. The van der Waals surface area contributed by atoms with Crippen LogP contribution in [0.3, 0.4) is 0 Å². The summed E-state index contributed by atoms with van der Waals surface area (Å²) in [5.41, 5.74) is 2.51. The Hall–Kier alpha value is -3.54. The highest BCUT2D eigenvalue weighted by Crippen LogP contribution is 2.23. The first-order chi connectivity index (χ1) is 14.0. The van der Waals surface area contributed by atoms with Crippen molar-refractivity contribution in [3.8, 4) is 0 Å². The highest BCUT2D eigenvalue weighted by atomic mass is 19.1. The summed E-state index contributed by atoms with van der Waals surface area (Å²) >= 11 is 0. The third-order valence-corrected chi connectivity index (χ3v) is 4.81. The summed E-state index contributed by atoms with van der Waals surface area (Å²) < 4.78 is 29.3. The monoisotopic (exact) mass is 391 g/mol. The molecule has 0 aliphatic heterocycles. The predicted molar refractivity (Wildman–Crippen MR) is 108 cm³/mol. The zero-order valence-corrected chi connectivity index (χ0v) is 15.8. The minimum absolute atomic E-state index is 0.291. The minimum Gasteiger partial charge on any atom is -0.342 e. The molecule has 1 atom stereocenters. The average Bonchev–Trinajstić information content (AvgIpc) is 3.09. The van der Waals surface area contributed by atoms with Crippen molar-refractivity contribution in [1.82, 2.24) is 14.9 Å². The van der Waals surface area contributed by atoms with Crippen molar-refractivity contribution in [2.24, 2.45) is 0 Å². The lowest BCUT2D eigenvalue weighted by molar-refractivity contribution is 0.0937. The maximum Gasteiger partial charge on any atom is 0.251 e. The first-order valence-corrected chi connectivity index (χ1v) is 9.28. The molecule has 1 amide bonds.